The topological polar surface area (TPSA) is 24.5 Å². The standard InChI is InChI=1S/C16H24N2O/c1-12(2)8-14-10-18-15(9-17-14)11-19-16(18)13-6-4-3-5-7-13/h3-7,12,14-17H,8-11H2,1-2H3/t14-,15+,16+/m0/s1. The van der Waals surface area contributed by atoms with Crippen LogP contribution in [0.15, 0.2) is 30.3 Å². The molecule has 2 fully saturated rings. The molecule has 3 atom stereocenters. The maximum atomic E-state index is 6.03. The molecule has 0 radical (unpaired) electrons. The maximum Gasteiger partial charge on any atom is 0.137 e. The minimum atomic E-state index is 0.156. The Morgan fingerprint density at radius 3 is 2.84 bits per heavy atom. The Morgan fingerprint density at radius 1 is 1.32 bits per heavy atom. The van der Waals surface area contributed by atoms with E-state index in [-0.39, 0.29) is 6.23 Å². The van der Waals surface area contributed by atoms with Crippen molar-refractivity contribution in [3.8, 4) is 0 Å². The number of nitrogens with zero attached hydrogens (tertiary/aromatic N) is 1. The van der Waals surface area contributed by atoms with Gasteiger partial charge in [-0.2, -0.15) is 0 Å². The second-order valence-electron chi connectivity index (χ2n) is 6.18. The molecule has 0 saturated carbocycles. The second-order valence-corrected chi connectivity index (χ2v) is 6.18. The van der Waals surface area contributed by atoms with E-state index in [4.69, 9.17) is 4.74 Å². The molecule has 104 valence electrons. The zero-order valence-corrected chi connectivity index (χ0v) is 11.9. The number of benzene rings is 1. The molecule has 1 aromatic rings. The van der Waals surface area contributed by atoms with E-state index in [1.54, 1.807) is 0 Å². The Balaban J connectivity index is 1.71. The molecular formula is C16H24N2O. The van der Waals surface area contributed by atoms with E-state index in [1.807, 2.05) is 0 Å². The molecule has 0 aromatic heterocycles. The number of ether oxygens (including phenoxy) is 1. The van der Waals surface area contributed by atoms with Crippen LogP contribution in [0.3, 0.4) is 0 Å². The SMILES string of the molecule is CC(C)C[C@H]1CN2[C@H](CN1)CO[C@@H]2c1ccccc1. The zero-order valence-electron chi connectivity index (χ0n) is 11.9. The van der Waals surface area contributed by atoms with Gasteiger partial charge in [-0.15, -0.1) is 0 Å². The highest BCUT2D eigenvalue weighted by atomic mass is 16.5. The van der Waals surface area contributed by atoms with Crippen molar-refractivity contribution in [2.24, 2.45) is 5.92 Å². The van der Waals surface area contributed by atoms with Gasteiger partial charge in [0.15, 0.2) is 0 Å². The minimum Gasteiger partial charge on any atom is -0.357 e. The number of fused-ring (bicyclic) bond motifs is 1. The molecule has 19 heavy (non-hydrogen) atoms. The summed E-state index contributed by atoms with van der Waals surface area (Å²) in [5.41, 5.74) is 1.29. The third-order valence-electron chi connectivity index (χ3n) is 4.13. The summed E-state index contributed by atoms with van der Waals surface area (Å²) in [6.45, 7) is 7.59. The van der Waals surface area contributed by atoms with Crippen molar-refractivity contribution in [3.05, 3.63) is 35.9 Å². The molecule has 2 aliphatic heterocycles. The van der Waals surface area contributed by atoms with Crippen LogP contribution in [0.4, 0.5) is 0 Å². The lowest BCUT2D eigenvalue weighted by Crippen LogP contribution is -2.55. The molecule has 0 unspecified atom stereocenters. The molecule has 2 heterocycles. The van der Waals surface area contributed by atoms with E-state index in [0.29, 0.717) is 12.1 Å². The summed E-state index contributed by atoms with van der Waals surface area (Å²) in [7, 11) is 0. The first-order valence-electron chi connectivity index (χ1n) is 7.39. The van der Waals surface area contributed by atoms with Crippen molar-refractivity contribution < 1.29 is 4.74 Å². The molecule has 2 saturated heterocycles. The van der Waals surface area contributed by atoms with Crippen molar-refractivity contribution in [3.63, 3.8) is 0 Å². The molecular weight excluding hydrogens is 236 g/mol. The summed E-state index contributed by atoms with van der Waals surface area (Å²) >= 11 is 0. The number of nitrogens with one attached hydrogen (secondary N) is 1. The fourth-order valence-corrected chi connectivity index (χ4v) is 3.26. The first-order chi connectivity index (χ1) is 9.24. The molecule has 0 bridgehead atoms. The van der Waals surface area contributed by atoms with E-state index in [9.17, 15) is 0 Å². The van der Waals surface area contributed by atoms with Gasteiger partial charge in [-0.25, -0.2) is 0 Å². The van der Waals surface area contributed by atoms with Gasteiger partial charge in [0.1, 0.15) is 6.23 Å². The van der Waals surface area contributed by atoms with Crippen molar-refractivity contribution in [1.82, 2.24) is 10.2 Å². The monoisotopic (exact) mass is 260 g/mol. The highest BCUT2D eigenvalue weighted by Gasteiger charge is 2.39. The Bertz CT molecular complexity index is 406. The summed E-state index contributed by atoms with van der Waals surface area (Å²) in [6, 6.07) is 11.7. The van der Waals surface area contributed by atoms with Gasteiger partial charge in [-0.1, -0.05) is 44.2 Å². The molecule has 0 spiro atoms. The fourth-order valence-electron chi connectivity index (χ4n) is 3.26. The zero-order chi connectivity index (χ0) is 13.2. The van der Waals surface area contributed by atoms with Crippen LogP contribution in [0, 0.1) is 5.92 Å². The highest BCUT2D eigenvalue weighted by Crippen LogP contribution is 2.32. The number of piperazine rings is 1. The fraction of sp³-hybridized carbons (Fsp3) is 0.625. The summed E-state index contributed by atoms with van der Waals surface area (Å²) in [5, 5.41) is 3.67. The highest BCUT2D eigenvalue weighted by molar-refractivity contribution is 5.18. The molecule has 0 aliphatic carbocycles. The van der Waals surface area contributed by atoms with Crippen LogP contribution < -0.4 is 5.32 Å². The van der Waals surface area contributed by atoms with E-state index < -0.39 is 0 Å². The molecule has 2 aliphatic rings. The van der Waals surface area contributed by atoms with E-state index in [1.165, 1.54) is 12.0 Å². The van der Waals surface area contributed by atoms with Gasteiger partial charge >= 0.3 is 0 Å². The van der Waals surface area contributed by atoms with Crippen LogP contribution >= 0.6 is 0 Å². The first-order valence-corrected chi connectivity index (χ1v) is 7.39. The Morgan fingerprint density at radius 2 is 2.11 bits per heavy atom. The van der Waals surface area contributed by atoms with E-state index in [0.717, 1.165) is 25.6 Å². The molecule has 3 nitrogen and oxygen atoms in total. The average molecular weight is 260 g/mol. The maximum absolute atomic E-state index is 6.03. The lowest BCUT2D eigenvalue weighted by molar-refractivity contribution is 0.0162. The molecule has 0 amide bonds. The molecule has 3 heteroatoms. The van der Waals surface area contributed by atoms with E-state index in [2.05, 4.69) is 54.4 Å². The summed E-state index contributed by atoms with van der Waals surface area (Å²) in [6.07, 6.45) is 1.40. The molecule has 3 rings (SSSR count). The number of hydrogen-bond acceptors (Lipinski definition) is 3. The van der Waals surface area contributed by atoms with Crippen molar-refractivity contribution >= 4 is 0 Å². The van der Waals surface area contributed by atoms with Gasteiger partial charge in [-0.05, 0) is 17.9 Å². The second kappa shape index (κ2) is 5.61. The van der Waals surface area contributed by atoms with Gasteiger partial charge in [-0.3, -0.25) is 4.90 Å². The lowest BCUT2D eigenvalue weighted by Gasteiger charge is -2.38. The van der Waals surface area contributed by atoms with Gasteiger partial charge in [0, 0.05) is 25.2 Å². The van der Waals surface area contributed by atoms with Gasteiger partial charge in [0.05, 0.1) is 6.61 Å². The van der Waals surface area contributed by atoms with E-state index >= 15 is 0 Å². The molecule has 1 N–H and O–H groups in total. The first kappa shape index (κ1) is 13.1. The minimum absolute atomic E-state index is 0.156. The van der Waals surface area contributed by atoms with Crippen molar-refractivity contribution in [2.45, 2.75) is 38.6 Å². The van der Waals surface area contributed by atoms with Gasteiger partial charge in [0.25, 0.3) is 0 Å². The Kier molecular flexibility index (Phi) is 3.87. The van der Waals surface area contributed by atoms with Crippen LogP contribution in [0.5, 0.6) is 0 Å². The lowest BCUT2D eigenvalue weighted by atomic mass is 9.99. The summed E-state index contributed by atoms with van der Waals surface area (Å²) in [4.78, 5) is 2.54. The predicted octanol–water partition coefficient (Wildman–Crippen LogP) is 2.40. The largest absolute Gasteiger partial charge is 0.357 e. The van der Waals surface area contributed by atoms with Crippen LogP contribution in [0.25, 0.3) is 0 Å². The van der Waals surface area contributed by atoms with Crippen LogP contribution in [-0.2, 0) is 4.74 Å². The quantitative estimate of drug-likeness (QED) is 0.903. The number of hydrogen-bond donors (Lipinski definition) is 1. The third kappa shape index (κ3) is 2.83. The van der Waals surface area contributed by atoms with Gasteiger partial charge < -0.3 is 10.1 Å². The third-order valence-corrected chi connectivity index (χ3v) is 4.13. The number of rotatable bonds is 3. The smallest absolute Gasteiger partial charge is 0.137 e. The predicted molar refractivity (Wildman–Crippen MR) is 76.9 cm³/mol. The van der Waals surface area contributed by atoms with Crippen molar-refractivity contribution in [1.29, 1.82) is 0 Å². The van der Waals surface area contributed by atoms with Crippen LogP contribution in [-0.4, -0.2) is 36.7 Å². The normalized spacial score (nSPS) is 31.6. The average Bonchev–Trinajstić information content (AvgIpc) is 2.82. The van der Waals surface area contributed by atoms with Crippen LogP contribution in [0.1, 0.15) is 32.1 Å². The van der Waals surface area contributed by atoms with Gasteiger partial charge in [0.2, 0.25) is 0 Å². The van der Waals surface area contributed by atoms with Crippen molar-refractivity contribution in [2.75, 3.05) is 19.7 Å². The Hall–Kier alpha value is -0.900. The van der Waals surface area contributed by atoms with Crippen LogP contribution in [0.2, 0.25) is 0 Å². The molecule has 1 aromatic carbocycles. The summed E-state index contributed by atoms with van der Waals surface area (Å²) in [5.74, 6) is 0.743. The summed E-state index contributed by atoms with van der Waals surface area (Å²) < 4.78 is 6.03. The Labute approximate surface area is 115 Å².